The number of methoxy groups -OCH3 is 2. The maximum Gasteiger partial charge on any atom is 0.161 e. The number of fused-ring (bicyclic) bond motifs is 2. The molecule has 0 N–H and O–H groups in total. The van der Waals surface area contributed by atoms with Crippen molar-refractivity contribution in [2.24, 2.45) is 0 Å². The van der Waals surface area contributed by atoms with E-state index in [1.165, 1.54) is 0 Å². The summed E-state index contributed by atoms with van der Waals surface area (Å²) >= 11 is 0. The van der Waals surface area contributed by atoms with Gasteiger partial charge in [0.1, 0.15) is 5.75 Å². The zero-order valence-electron chi connectivity index (χ0n) is 17.1. The molecule has 29 heavy (non-hydrogen) atoms. The fourth-order valence-electron chi connectivity index (χ4n) is 3.62. The summed E-state index contributed by atoms with van der Waals surface area (Å²) in [6.07, 6.45) is 8.05. The van der Waals surface area contributed by atoms with E-state index in [-0.39, 0.29) is 0 Å². The van der Waals surface area contributed by atoms with E-state index in [1.54, 1.807) is 14.2 Å². The second kappa shape index (κ2) is 7.95. The van der Waals surface area contributed by atoms with Crippen LogP contribution in [0.2, 0.25) is 0 Å². The zero-order valence-corrected chi connectivity index (χ0v) is 17.1. The first-order valence-electron chi connectivity index (χ1n) is 9.64. The molecular weight excluding hydrogens is 368 g/mol. The maximum atomic E-state index is 6.02. The number of aromatic nitrogens is 4. The molecule has 0 saturated heterocycles. The zero-order chi connectivity index (χ0) is 20.4. The van der Waals surface area contributed by atoms with Gasteiger partial charge in [-0.25, -0.2) is 9.67 Å². The number of pyridine rings is 2. The van der Waals surface area contributed by atoms with Crippen molar-refractivity contribution in [3.8, 4) is 17.2 Å². The average Bonchev–Trinajstić information content (AvgIpc) is 3.18. The first-order valence-corrected chi connectivity index (χ1v) is 9.64. The van der Waals surface area contributed by atoms with Crippen molar-refractivity contribution in [1.29, 1.82) is 0 Å². The van der Waals surface area contributed by atoms with Gasteiger partial charge in [0.2, 0.25) is 0 Å². The number of nitrogens with zero attached hydrogens (tertiary/aromatic N) is 4. The minimum absolute atomic E-state index is 0.572. The second-order valence-corrected chi connectivity index (χ2v) is 6.65. The van der Waals surface area contributed by atoms with Crippen molar-refractivity contribution in [1.82, 2.24) is 19.7 Å². The van der Waals surface area contributed by atoms with Crippen LogP contribution in [0.5, 0.6) is 17.2 Å². The van der Waals surface area contributed by atoms with Gasteiger partial charge in [0.15, 0.2) is 17.1 Å². The summed E-state index contributed by atoms with van der Waals surface area (Å²) in [4.78, 5) is 9.07. The van der Waals surface area contributed by atoms with Crippen LogP contribution >= 0.6 is 0 Å². The van der Waals surface area contributed by atoms with Crippen molar-refractivity contribution >= 4 is 21.8 Å². The molecule has 1 aromatic carbocycles. The molecule has 0 aliphatic rings. The molecule has 0 bridgehead atoms. The van der Waals surface area contributed by atoms with Gasteiger partial charge in [-0.05, 0) is 36.9 Å². The lowest BCUT2D eigenvalue weighted by atomic mass is 10.00. The molecule has 3 heterocycles. The summed E-state index contributed by atoms with van der Waals surface area (Å²) in [6, 6.07) is 3.94. The van der Waals surface area contributed by atoms with E-state index in [0.29, 0.717) is 24.5 Å². The normalized spacial score (nSPS) is 11.2. The first-order chi connectivity index (χ1) is 14.2. The Labute approximate surface area is 169 Å². The lowest BCUT2D eigenvalue weighted by Gasteiger charge is -2.14. The Morgan fingerprint density at radius 1 is 0.897 bits per heavy atom. The summed E-state index contributed by atoms with van der Waals surface area (Å²) in [7, 11) is 3.27. The van der Waals surface area contributed by atoms with Crippen molar-refractivity contribution in [2.45, 2.75) is 26.8 Å². The Hall–Kier alpha value is -3.35. The quantitative estimate of drug-likeness (QED) is 0.473. The van der Waals surface area contributed by atoms with E-state index >= 15 is 0 Å². The van der Waals surface area contributed by atoms with E-state index in [2.05, 4.69) is 15.1 Å². The minimum atomic E-state index is 0.572. The third kappa shape index (κ3) is 3.33. The summed E-state index contributed by atoms with van der Waals surface area (Å²) in [5.41, 5.74) is 2.90. The molecule has 7 heteroatoms. The molecule has 0 unspecified atom stereocenters. The van der Waals surface area contributed by atoms with Gasteiger partial charge >= 0.3 is 0 Å². The van der Waals surface area contributed by atoms with Crippen LogP contribution in [-0.4, -0.2) is 40.6 Å². The van der Waals surface area contributed by atoms with Crippen LogP contribution in [0.3, 0.4) is 0 Å². The second-order valence-electron chi connectivity index (χ2n) is 6.65. The van der Waals surface area contributed by atoms with Crippen LogP contribution in [-0.2, 0) is 13.0 Å². The van der Waals surface area contributed by atoms with E-state index in [1.807, 2.05) is 55.4 Å². The largest absolute Gasteiger partial charge is 0.493 e. The Morgan fingerprint density at radius 3 is 2.41 bits per heavy atom. The average molecular weight is 392 g/mol. The van der Waals surface area contributed by atoms with Crippen molar-refractivity contribution in [2.75, 3.05) is 20.8 Å². The SMILES string of the molecule is CCOc1c(Cc2cncc3cc(OC)c(OC)cc23)cnc2c1cnn2CC. The molecule has 0 aliphatic heterocycles. The molecular formula is C22H24N4O3. The molecule has 0 atom stereocenters. The molecule has 0 spiro atoms. The van der Waals surface area contributed by atoms with Crippen LogP contribution in [0.15, 0.2) is 36.9 Å². The molecule has 4 aromatic rings. The molecule has 4 rings (SSSR count). The predicted octanol–water partition coefficient (Wildman–Crippen LogP) is 4.01. The van der Waals surface area contributed by atoms with Crippen molar-refractivity contribution in [3.05, 3.63) is 48.0 Å². The third-order valence-corrected chi connectivity index (χ3v) is 5.01. The fraction of sp³-hybridized carbons (Fsp3) is 0.318. The predicted molar refractivity (Wildman–Crippen MR) is 112 cm³/mol. The van der Waals surface area contributed by atoms with Crippen LogP contribution in [0.4, 0.5) is 0 Å². The molecule has 0 aliphatic carbocycles. The van der Waals surface area contributed by atoms with Crippen LogP contribution in [0.1, 0.15) is 25.0 Å². The smallest absolute Gasteiger partial charge is 0.161 e. The number of aryl methyl sites for hydroxylation is 1. The number of ether oxygens (including phenoxy) is 3. The number of hydrogen-bond donors (Lipinski definition) is 0. The molecule has 7 nitrogen and oxygen atoms in total. The van der Waals surface area contributed by atoms with Crippen LogP contribution in [0.25, 0.3) is 21.8 Å². The van der Waals surface area contributed by atoms with Gasteiger partial charge in [0.05, 0.1) is 32.4 Å². The van der Waals surface area contributed by atoms with E-state index < -0.39 is 0 Å². The fourth-order valence-corrected chi connectivity index (χ4v) is 3.62. The standard InChI is InChI=1S/C22H24N4O3/c1-5-26-22-18(13-25-26)21(29-6-2)16(12-24-22)7-14-10-23-11-15-8-19(27-3)20(28-4)9-17(14)15/h8-13H,5-7H2,1-4H3. The highest BCUT2D eigenvalue weighted by molar-refractivity contribution is 5.89. The van der Waals surface area contributed by atoms with Crippen LogP contribution < -0.4 is 14.2 Å². The lowest BCUT2D eigenvalue weighted by Crippen LogP contribution is -2.02. The minimum Gasteiger partial charge on any atom is -0.493 e. The number of hydrogen-bond acceptors (Lipinski definition) is 6. The highest BCUT2D eigenvalue weighted by Crippen LogP contribution is 2.35. The summed E-state index contributed by atoms with van der Waals surface area (Å²) in [6.45, 7) is 5.36. The van der Waals surface area contributed by atoms with Crippen molar-refractivity contribution < 1.29 is 14.2 Å². The number of benzene rings is 1. The van der Waals surface area contributed by atoms with Crippen LogP contribution in [0, 0.1) is 0 Å². The first kappa shape index (κ1) is 19.0. The van der Waals surface area contributed by atoms with E-state index in [9.17, 15) is 0 Å². The Morgan fingerprint density at radius 2 is 1.69 bits per heavy atom. The highest BCUT2D eigenvalue weighted by Gasteiger charge is 2.16. The van der Waals surface area contributed by atoms with Gasteiger partial charge < -0.3 is 14.2 Å². The molecule has 3 aromatic heterocycles. The Balaban J connectivity index is 1.84. The highest BCUT2D eigenvalue weighted by atomic mass is 16.5. The summed E-state index contributed by atoms with van der Waals surface area (Å²) < 4.78 is 18.8. The van der Waals surface area contributed by atoms with Crippen molar-refractivity contribution in [3.63, 3.8) is 0 Å². The van der Waals surface area contributed by atoms with Gasteiger partial charge in [-0.2, -0.15) is 5.10 Å². The van der Waals surface area contributed by atoms with E-state index in [4.69, 9.17) is 14.2 Å². The summed E-state index contributed by atoms with van der Waals surface area (Å²) in [5, 5.41) is 7.41. The maximum absolute atomic E-state index is 6.02. The Bertz CT molecular complexity index is 1170. The number of rotatable bonds is 7. The van der Waals surface area contributed by atoms with Gasteiger partial charge in [-0.3, -0.25) is 4.98 Å². The van der Waals surface area contributed by atoms with Gasteiger partial charge in [0, 0.05) is 42.5 Å². The topological polar surface area (TPSA) is 71.3 Å². The summed E-state index contributed by atoms with van der Waals surface area (Å²) in [5.74, 6) is 2.20. The molecule has 0 fully saturated rings. The third-order valence-electron chi connectivity index (χ3n) is 5.01. The Kier molecular flexibility index (Phi) is 5.20. The molecule has 150 valence electrons. The monoisotopic (exact) mass is 392 g/mol. The lowest BCUT2D eigenvalue weighted by molar-refractivity contribution is 0.341. The molecule has 0 amide bonds. The van der Waals surface area contributed by atoms with Gasteiger partial charge in [-0.15, -0.1) is 0 Å². The molecule has 0 saturated carbocycles. The van der Waals surface area contributed by atoms with Gasteiger partial charge in [0.25, 0.3) is 0 Å². The molecule has 0 radical (unpaired) electrons. The van der Waals surface area contributed by atoms with E-state index in [0.717, 1.165) is 45.2 Å². The van der Waals surface area contributed by atoms with Gasteiger partial charge in [-0.1, -0.05) is 0 Å².